The normalized spacial score (nSPS) is 14.1. The summed E-state index contributed by atoms with van der Waals surface area (Å²) in [6, 6.07) is 21.7. The number of halogens is 1. The lowest BCUT2D eigenvalue weighted by atomic mass is 10.1. The lowest BCUT2D eigenvalue weighted by Crippen LogP contribution is -2.40. The Labute approximate surface area is 216 Å². The van der Waals surface area contributed by atoms with E-state index in [-0.39, 0.29) is 17.3 Å². The summed E-state index contributed by atoms with van der Waals surface area (Å²) in [5.41, 5.74) is 3.62. The number of sulfonamides is 1. The van der Waals surface area contributed by atoms with Gasteiger partial charge in [-0.25, -0.2) is 8.42 Å². The molecule has 0 aliphatic carbocycles. The van der Waals surface area contributed by atoms with Crippen molar-refractivity contribution in [1.29, 1.82) is 0 Å². The predicted octanol–water partition coefficient (Wildman–Crippen LogP) is 4.87. The summed E-state index contributed by atoms with van der Waals surface area (Å²) in [7, 11) is -3.93. The molecular weight excluding hydrogens is 526 g/mol. The van der Waals surface area contributed by atoms with Crippen LogP contribution in [0, 0.1) is 6.92 Å². The molecule has 0 atom stereocenters. The molecule has 1 N–H and O–H groups in total. The highest BCUT2D eigenvalue weighted by molar-refractivity contribution is 9.10. The highest BCUT2D eigenvalue weighted by atomic mass is 79.9. The SMILES string of the molecule is Cc1ccc(S(=O)(=O)N(CC(=O)NCc2ccc(CN3CCCC3)cc2)c2ccc(Br)cc2)cc1. The quantitative estimate of drug-likeness (QED) is 0.409. The highest BCUT2D eigenvalue weighted by Crippen LogP contribution is 2.25. The van der Waals surface area contributed by atoms with Crippen LogP contribution in [0.4, 0.5) is 5.69 Å². The van der Waals surface area contributed by atoms with Gasteiger partial charge in [0, 0.05) is 17.6 Å². The van der Waals surface area contributed by atoms with E-state index in [2.05, 4.69) is 38.3 Å². The lowest BCUT2D eigenvalue weighted by Gasteiger charge is -2.24. The van der Waals surface area contributed by atoms with Gasteiger partial charge in [-0.2, -0.15) is 0 Å². The van der Waals surface area contributed by atoms with Gasteiger partial charge in [0.1, 0.15) is 6.54 Å². The Morgan fingerprint density at radius 3 is 2.14 bits per heavy atom. The van der Waals surface area contributed by atoms with Crippen molar-refractivity contribution in [2.24, 2.45) is 0 Å². The number of aryl methyl sites for hydroxylation is 1. The van der Waals surface area contributed by atoms with Crippen LogP contribution in [0.2, 0.25) is 0 Å². The zero-order chi connectivity index (χ0) is 24.8. The van der Waals surface area contributed by atoms with Crippen molar-refractivity contribution in [2.75, 3.05) is 23.9 Å². The summed E-state index contributed by atoms with van der Waals surface area (Å²) in [6.45, 7) is 5.17. The molecule has 0 spiro atoms. The molecule has 0 bridgehead atoms. The number of hydrogen-bond donors (Lipinski definition) is 1. The first-order valence-corrected chi connectivity index (χ1v) is 14.0. The van der Waals surface area contributed by atoms with Crippen molar-refractivity contribution in [3.05, 3.63) is 94.0 Å². The van der Waals surface area contributed by atoms with Crippen molar-refractivity contribution in [2.45, 2.75) is 37.8 Å². The molecule has 1 heterocycles. The number of anilines is 1. The number of likely N-dealkylation sites (tertiary alicyclic amines) is 1. The van der Waals surface area contributed by atoms with Crippen molar-refractivity contribution in [3.63, 3.8) is 0 Å². The van der Waals surface area contributed by atoms with Gasteiger partial charge in [0.15, 0.2) is 0 Å². The van der Waals surface area contributed by atoms with Crippen LogP contribution in [0.25, 0.3) is 0 Å². The Morgan fingerprint density at radius 2 is 1.51 bits per heavy atom. The summed E-state index contributed by atoms with van der Waals surface area (Å²) in [5.74, 6) is -0.371. The van der Waals surface area contributed by atoms with Crippen molar-refractivity contribution >= 4 is 37.5 Å². The Kier molecular flexibility index (Phi) is 8.26. The van der Waals surface area contributed by atoms with Gasteiger partial charge in [0.25, 0.3) is 10.0 Å². The Bertz CT molecular complexity index is 1240. The predicted molar refractivity (Wildman–Crippen MR) is 143 cm³/mol. The molecular formula is C27H30BrN3O3S. The number of rotatable bonds is 9. The molecule has 3 aromatic carbocycles. The van der Waals surface area contributed by atoms with Gasteiger partial charge in [-0.3, -0.25) is 14.0 Å². The summed E-state index contributed by atoms with van der Waals surface area (Å²) >= 11 is 3.38. The van der Waals surface area contributed by atoms with Gasteiger partial charge >= 0.3 is 0 Å². The molecule has 0 unspecified atom stereocenters. The van der Waals surface area contributed by atoms with Crippen molar-refractivity contribution in [3.8, 4) is 0 Å². The molecule has 1 fully saturated rings. The van der Waals surface area contributed by atoms with Crippen LogP contribution in [0.5, 0.6) is 0 Å². The number of benzene rings is 3. The standard InChI is InChI=1S/C27H30BrN3O3S/c1-21-4-14-26(15-5-21)35(33,34)31(25-12-10-24(28)11-13-25)20-27(32)29-18-22-6-8-23(9-7-22)19-30-16-2-3-17-30/h4-15H,2-3,16-20H2,1H3,(H,29,32). The van der Waals surface area contributed by atoms with E-state index < -0.39 is 10.0 Å². The average Bonchev–Trinajstić information content (AvgIpc) is 3.36. The minimum absolute atomic E-state index is 0.146. The lowest BCUT2D eigenvalue weighted by molar-refractivity contribution is -0.119. The van der Waals surface area contributed by atoms with Crippen LogP contribution in [-0.2, 0) is 27.9 Å². The molecule has 0 saturated carbocycles. The third-order valence-corrected chi connectivity index (χ3v) is 8.45. The Morgan fingerprint density at radius 1 is 0.914 bits per heavy atom. The van der Waals surface area contributed by atoms with Gasteiger partial charge in [-0.1, -0.05) is 57.9 Å². The molecule has 1 saturated heterocycles. The maximum absolute atomic E-state index is 13.4. The number of hydrogen-bond acceptors (Lipinski definition) is 4. The molecule has 35 heavy (non-hydrogen) atoms. The van der Waals surface area contributed by atoms with Crippen LogP contribution >= 0.6 is 15.9 Å². The van der Waals surface area contributed by atoms with Gasteiger partial charge in [-0.05, 0) is 80.4 Å². The van der Waals surface area contributed by atoms with Crippen LogP contribution < -0.4 is 9.62 Å². The van der Waals surface area contributed by atoms with E-state index in [1.54, 1.807) is 48.5 Å². The first-order valence-electron chi connectivity index (χ1n) is 11.7. The number of carbonyl (C=O) groups excluding carboxylic acids is 1. The fourth-order valence-corrected chi connectivity index (χ4v) is 5.79. The first kappa shape index (κ1) is 25.4. The molecule has 0 aromatic heterocycles. The zero-order valence-electron chi connectivity index (χ0n) is 19.8. The molecule has 3 aromatic rings. The second-order valence-electron chi connectivity index (χ2n) is 8.88. The minimum atomic E-state index is -3.93. The maximum Gasteiger partial charge on any atom is 0.264 e. The summed E-state index contributed by atoms with van der Waals surface area (Å²) in [4.78, 5) is 15.5. The molecule has 8 heteroatoms. The third kappa shape index (κ3) is 6.72. The zero-order valence-corrected chi connectivity index (χ0v) is 22.2. The molecule has 4 rings (SSSR count). The topological polar surface area (TPSA) is 69.7 Å². The Balaban J connectivity index is 1.44. The monoisotopic (exact) mass is 555 g/mol. The van der Waals surface area contributed by atoms with Crippen molar-refractivity contribution < 1.29 is 13.2 Å². The van der Waals surface area contributed by atoms with Gasteiger partial charge in [0.05, 0.1) is 10.6 Å². The van der Waals surface area contributed by atoms with E-state index in [0.29, 0.717) is 12.2 Å². The fraction of sp³-hybridized carbons (Fsp3) is 0.296. The van der Waals surface area contributed by atoms with Crippen LogP contribution in [-0.4, -0.2) is 38.9 Å². The maximum atomic E-state index is 13.4. The number of nitrogens with one attached hydrogen (secondary N) is 1. The van der Waals surface area contributed by atoms with E-state index in [9.17, 15) is 13.2 Å². The van der Waals surface area contributed by atoms with Gasteiger partial charge in [0.2, 0.25) is 5.91 Å². The fourth-order valence-electron chi connectivity index (χ4n) is 4.11. The van der Waals surface area contributed by atoms with E-state index in [1.807, 2.05) is 19.1 Å². The van der Waals surface area contributed by atoms with E-state index in [1.165, 1.54) is 18.4 Å². The van der Waals surface area contributed by atoms with Crippen LogP contribution in [0.15, 0.2) is 82.2 Å². The minimum Gasteiger partial charge on any atom is -0.350 e. The van der Waals surface area contributed by atoms with Crippen LogP contribution in [0.3, 0.4) is 0 Å². The Hall–Kier alpha value is -2.68. The van der Waals surface area contributed by atoms with E-state index in [4.69, 9.17) is 0 Å². The highest BCUT2D eigenvalue weighted by Gasteiger charge is 2.27. The number of amides is 1. The number of carbonyl (C=O) groups is 1. The third-order valence-electron chi connectivity index (χ3n) is 6.13. The first-order chi connectivity index (χ1) is 16.8. The molecule has 1 aliphatic heterocycles. The second kappa shape index (κ2) is 11.4. The average molecular weight is 557 g/mol. The largest absolute Gasteiger partial charge is 0.350 e. The van der Waals surface area contributed by atoms with E-state index in [0.717, 1.165) is 39.5 Å². The molecule has 184 valence electrons. The molecule has 1 aliphatic rings. The van der Waals surface area contributed by atoms with Crippen LogP contribution in [0.1, 0.15) is 29.5 Å². The second-order valence-corrected chi connectivity index (χ2v) is 11.7. The summed E-state index contributed by atoms with van der Waals surface area (Å²) in [5, 5.41) is 2.87. The molecule has 1 amide bonds. The van der Waals surface area contributed by atoms with Gasteiger partial charge in [-0.15, -0.1) is 0 Å². The molecule has 6 nitrogen and oxygen atoms in total. The smallest absolute Gasteiger partial charge is 0.264 e. The number of nitrogens with zero attached hydrogens (tertiary/aromatic N) is 2. The van der Waals surface area contributed by atoms with E-state index >= 15 is 0 Å². The summed E-state index contributed by atoms with van der Waals surface area (Å²) < 4.78 is 28.9. The molecule has 0 radical (unpaired) electrons. The summed E-state index contributed by atoms with van der Waals surface area (Å²) in [6.07, 6.45) is 2.53. The van der Waals surface area contributed by atoms with Gasteiger partial charge < -0.3 is 5.32 Å². The van der Waals surface area contributed by atoms with Crippen molar-refractivity contribution in [1.82, 2.24) is 10.2 Å².